The first-order valence-electron chi connectivity index (χ1n) is 7.95. The third-order valence-electron chi connectivity index (χ3n) is 4.18. The second-order valence-electron chi connectivity index (χ2n) is 5.89. The van der Waals surface area contributed by atoms with Crippen molar-refractivity contribution in [3.05, 3.63) is 76.4 Å². The molecule has 0 bridgehead atoms. The van der Waals surface area contributed by atoms with Gasteiger partial charge in [0.1, 0.15) is 5.82 Å². The Balaban J connectivity index is 1.89. The maximum atomic E-state index is 12.3. The van der Waals surface area contributed by atoms with Gasteiger partial charge >= 0.3 is 0 Å². The van der Waals surface area contributed by atoms with Crippen LogP contribution in [-0.2, 0) is 4.79 Å². The molecule has 0 saturated carbocycles. The minimum absolute atomic E-state index is 0.0141. The molecule has 1 aliphatic heterocycles. The molecule has 1 aliphatic rings. The van der Waals surface area contributed by atoms with Gasteiger partial charge in [0.15, 0.2) is 0 Å². The van der Waals surface area contributed by atoms with E-state index < -0.39 is 0 Å². The van der Waals surface area contributed by atoms with Crippen molar-refractivity contribution in [3.8, 4) is 5.69 Å². The zero-order valence-electron chi connectivity index (χ0n) is 13.6. The molecule has 0 unspecified atom stereocenters. The summed E-state index contributed by atoms with van der Waals surface area (Å²) in [5.74, 6) is 1.14. The summed E-state index contributed by atoms with van der Waals surface area (Å²) in [6.45, 7) is 1.99. The van der Waals surface area contributed by atoms with Crippen molar-refractivity contribution in [3.63, 3.8) is 0 Å². The molecule has 25 heavy (non-hydrogen) atoms. The number of hydrogen-bond donors (Lipinski definition) is 1. The van der Waals surface area contributed by atoms with Gasteiger partial charge in [-0.15, -0.1) is 11.8 Å². The van der Waals surface area contributed by atoms with Crippen molar-refractivity contribution in [1.29, 1.82) is 0 Å². The minimum atomic E-state index is -0.0141. The van der Waals surface area contributed by atoms with Crippen LogP contribution in [0.1, 0.15) is 22.1 Å². The van der Waals surface area contributed by atoms with Crippen LogP contribution in [0, 0.1) is 6.92 Å². The Hall–Kier alpha value is -2.24. The molecule has 1 N–H and O–H groups in total. The fraction of sp³-hybridized carbons (Fsp3) is 0.158. The highest BCUT2D eigenvalue weighted by molar-refractivity contribution is 8.00. The predicted molar refractivity (Wildman–Crippen MR) is 103 cm³/mol. The van der Waals surface area contributed by atoms with E-state index in [-0.39, 0.29) is 11.2 Å². The molecule has 0 aliphatic carbocycles. The van der Waals surface area contributed by atoms with Gasteiger partial charge in [0.05, 0.1) is 22.4 Å². The van der Waals surface area contributed by atoms with Crippen molar-refractivity contribution < 1.29 is 4.79 Å². The molecule has 0 radical (unpaired) electrons. The number of amides is 1. The first-order chi connectivity index (χ1) is 12.1. The lowest BCUT2D eigenvalue weighted by molar-refractivity contribution is -0.113. The van der Waals surface area contributed by atoms with Crippen LogP contribution in [0.15, 0.2) is 54.6 Å². The summed E-state index contributed by atoms with van der Waals surface area (Å²) in [4.78, 5) is 12.3. The van der Waals surface area contributed by atoms with Gasteiger partial charge in [0.25, 0.3) is 0 Å². The maximum Gasteiger partial charge on any atom is 0.235 e. The molecule has 6 heteroatoms. The van der Waals surface area contributed by atoms with Crippen LogP contribution in [0.5, 0.6) is 0 Å². The number of carbonyl (C=O) groups excluding carboxylic acids is 1. The Labute approximate surface area is 155 Å². The molecule has 4 nitrogen and oxygen atoms in total. The number of carbonyl (C=O) groups is 1. The molecule has 3 aromatic rings. The maximum absolute atomic E-state index is 12.3. The summed E-state index contributed by atoms with van der Waals surface area (Å²) in [6.07, 6.45) is 0. The van der Waals surface area contributed by atoms with Crippen molar-refractivity contribution >= 4 is 35.1 Å². The SMILES string of the molecule is Cc1nn(-c2ccc(Cl)cc2)c2c1[C@H](c1ccccc1)SCC(=O)N2. The lowest BCUT2D eigenvalue weighted by Crippen LogP contribution is -2.15. The van der Waals surface area contributed by atoms with Gasteiger partial charge in [-0.1, -0.05) is 41.9 Å². The van der Waals surface area contributed by atoms with E-state index in [2.05, 4.69) is 22.5 Å². The number of anilines is 1. The van der Waals surface area contributed by atoms with E-state index >= 15 is 0 Å². The van der Waals surface area contributed by atoms with Crippen molar-refractivity contribution in [2.45, 2.75) is 12.2 Å². The number of rotatable bonds is 2. The van der Waals surface area contributed by atoms with Gasteiger partial charge in [-0.25, -0.2) is 4.68 Å². The monoisotopic (exact) mass is 369 g/mol. The summed E-state index contributed by atoms with van der Waals surface area (Å²) >= 11 is 7.62. The molecule has 4 rings (SSSR count). The number of aromatic nitrogens is 2. The van der Waals surface area contributed by atoms with Gasteiger partial charge in [-0.2, -0.15) is 5.10 Å². The Bertz CT molecular complexity index is 922. The van der Waals surface area contributed by atoms with E-state index in [0.717, 1.165) is 22.8 Å². The van der Waals surface area contributed by atoms with Gasteiger partial charge in [-0.3, -0.25) is 4.79 Å². The summed E-state index contributed by atoms with van der Waals surface area (Å²) in [5, 5.41) is 8.45. The largest absolute Gasteiger partial charge is 0.310 e. The third kappa shape index (κ3) is 3.05. The number of nitrogens with one attached hydrogen (secondary N) is 1. The van der Waals surface area contributed by atoms with E-state index in [1.54, 1.807) is 16.4 Å². The number of fused-ring (bicyclic) bond motifs is 1. The van der Waals surface area contributed by atoms with E-state index in [4.69, 9.17) is 11.6 Å². The molecule has 0 spiro atoms. The highest BCUT2D eigenvalue weighted by Gasteiger charge is 2.30. The molecule has 1 amide bonds. The van der Waals surface area contributed by atoms with Crippen LogP contribution in [-0.4, -0.2) is 21.4 Å². The average molecular weight is 370 g/mol. The molecular formula is C19H16ClN3OS. The predicted octanol–water partition coefficient (Wildman–Crippen LogP) is 4.61. The first kappa shape index (κ1) is 16.2. The van der Waals surface area contributed by atoms with E-state index in [0.29, 0.717) is 10.8 Å². The summed E-state index contributed by atoms with van der Waals surface area (Å²) in [6, 6.07) is 17.7. The topological polar surface area (TPSA) is 46.9 Å². The number of aryl methyl sites for hydroxylation is 1. The Morgan fingerprint density at radius 3 is 2.60 bits per heavy atom. The second-order valence-corrected chi connectivity index (χ2v) is 7.42. The fourth-order valence-corrected chi connectivity index (χ4v) is 4.36. The van der Waals surface area contributed by atoms with Crippen LogP contribution in [0.4, 0.5) is 5.82 Å². The Kier molecular flexibility index (Phi) is 4.27. The van der Waals surface area contributed by atoms with Gasteiger partial charge < -0.3 is 5.32 Å². The highest BCUT2D eigenvalue weighted by Crippen LogP contribution is 2.43. The third-order valence-corrected chi connectivity index (χ3v) is 5.70. The number of nitrogens with zero attached hydrogens (tertiary/aromatic N) is 2. The van der Waals surface area contributed by atoms with Crippen LogP contribution < -0.4 is 5.32 Å². The number of benzene rings is 2. The van der Waals surface area contributed by atoms with Gasteiger partial charge in [-0.05, 0) is 36.8 Å². The summed E-state index contributed by atoms with van der Waals surface area (Å²) in [7, 11) is 0. The first-order valence-corrected chi connectivity index (χ1v) is 9.38. The highest BCUT2D eigenvalue weighted by atomic mass is 35.5. The molecule has 2 aromatic carbocycles. The molecule has 126 valence electrons. The van der Waals surface area contributed by atoms with Gasteiger partial charge in [0, 0.05) is 10.6 Å². The Morgan fingerprint density at radius 1 is 1.16 bits per heavy atom. The van der Waals surface area contributed by atoms with E-state index in [9.17, 15) is 4.79 Å². The molecule has 1 aromatic heterocycles. The summed E-state index contributed by atoms with van der Waals surface area (Å²) < 4.78 is 1.79. The molecule has 0 saturated heterocycles. The lowest BCUT2D eigenvalue weighted by atomic mass is 10.0. The number of hydrogen-bond acceptors (Lipinski definition) is 3. The van der Waals surface area contributed by atoms with Crippen LogP contribution in [0.25, 0.3) is 5.69 Å². The average Bonchev–Trinajstić information content (AvgIpc) is 2.83. The zero-order chi connectivity index (χ0) is 17.4. The molecule has 2 heterocycles. The second kappa shape index (κ2) is 6.58. The van der Waals surface area contributed by atoms with E-state index in [1.165, 1.54) is 5.56 Å². The quantitative estimate of drug-likeness (QED) is 0.717. The standard InChI is InChI=1S/C19H16ClN3OS/c1-12-17-18(13-5-3-2-4-6-13)25-11-16(24)21-19(17)23(22-12)15-9-7-14(20)8-10-15/h2-10,18H,11H2,1H3,(H,21,24)/t18-/m0/s1. The molecule has 0 fully saturated rings. The molecular weight excluding hydrogens is 354 g/mol. The lowest BCUT2D eigenvalue weighted by Gasteiger charge is -2.15. The summed E-state index contributed by atoms with van der Waals surface area (Å²) in [5.41, 5.74) is 4.00. The van der Waals surface area contributed by atoms with Gasteiger partial charge in [0.2, 0.25) is 5.91 Å². The van der Waals surface area contributed by atoms with Crippen molar-refractivity contribution in [2.24, 2.45) is 0 Å². The van der Waals surface area contributed by atoms with Crippen molar-refractivity contribution in [1.82, 2.24) is 9.78 Å². The normalized spacial score (nSPS) is 16.9. The fourth-order valence-electron chi connectivity index (χ4n) is 3.04. The van der Waals surface area contributed by atoms with Crippen molar-refractivity contribution in [2.75, 3.05) is 11.1 Å². The van der Waals surface area contributed by atoms with Crippen LogP contribution >= 0.6 is 23.4 Å². The molecule has 1 atom stereocenters. The number of halogens is 1. The zero-order valence-corrected chi connectivity index (χ0v) is 15.1. The number of thioether (sulfide) groups is 1. The van der Waals surface area contributed by atoms with Crippen LogP contribution in [0.2, 0.25) is 5.02 Å². The Morgan fingerprint density at radius 2 is 1.88 bits per heavy atom. The minimum Gasteiger partial charge on any atom is -0.310 e. The van der Waals surface area contributed by atoms with Crippen LogP contribution in [0.3, 0.4) is 0 Å². The van der Waals surface area contributed by atoms with E-state index in [1.807, 2.05) is 49.4 Å². The smallest absolute Gasteiger partial charge is 0.235 e.